The number of nitrogens with zero attached hydrogens (tertiary/aromatic N) is 2. The zero-order chi connectivity index (χ0) is 43.9. The van der Waals surface area contributed by atoms with Gasteiger partial charge in [-0.2, -0.15) is 0 Å². The van der Waals surface area contributed by atoms with Gasteiger partial charge in [-0.25, -0.2) is 0 Å². The summed E-state index contributed by atoms with van der Waals surface area (Å²) >= 11 is 3.91. The third kappa shape index (κ3) is 5.95. The number of furan rings is 2. The van der Waals surface area contributed by atoms with Gasteiger partial charge in [-0.05, 0) is 112 Å². The first-order chi connectivity index (χ1) is 31.5. The van der Waals surface area contributed by atoms with Crippen LogP contribution in [0.3, 0.4) is 0 Å². The van der Waals surface area contributed by atoms with Crippen molar-refractivity contribution in [2.75, 3.05) is 9.80 Å². The van der Waals surface area contributed by atoms with E-state index in [2.05, 4.69) is 191 Å². The van der Waals surface area contributed by atoms with Gasteiger partial charge >= 0.3 is 0 Å². The summed E-state index contributed by atoms with van der Waals surface area (Å²) in [6.45, 7) is 13.9. The van der Waals surface area contributed by atoms with E-state index in [-0.39, 0.29) is 17.5 Å². The standard InChI is InChI=1S/C58H45BN2O2S2/c1-57(2,3)38-24-26-50-42(32-38)53-55(64-50)59-52-44(60(53)40-18-11-16-34(28-40)48-30-36-14-7-9-22-46(36)62-48)20-13-21-45(52)61(54-43-33-39(58(4,5)6)25-27-51(43)65-56(54)59)41-19-12-17-35(29-41)49-31-37-15-8-10-23-47(37)63-49/h7-33H,1-6H3. The number of rotatable bonds is 4. The van der Waals surface area contributed by atoms with Crippen LogP contribution < -0.4 is 24.8 Å². The van der Waals surface area contributed by atoms with Gasteiger partial charge in [0, 0.05) is 74.4 Å². The molecule has 11 aromatic rings. The third-order valence-corrected chi connectivity index (χ3v) is 16.0. The molecule has 0 fully saturated rings. The Bertz CT molecular complexity index is 3430. The molecule has 7 heteroatoms. The molecule has 314 valence electrons. The molecule has 6 heterocycles. The second-order valence-electron chi connectivity index (χ2n) is 19.8. The highest BCUT2D eigenvalue weighted by atomic mass is 32.1. The van der Waals surface area contributed by atoms with Gasteiger partial charge in [0.2, 0.25) is 0 Å². The van der Waals surface area contributed by atoms with E-state index < -0.39 is 0 Å². The predicted molar refractivity (Wildman–Crippen MR) is 279 cm³/mol. The summed E-state index contributed by atoms with van der Waals surface area (Å²) in [5.41, 5.74) is 15.0. The highest BCUT2D eigenvalue weighted by Gasteiger charge is 2.47. The second-order valence-corrected chi connectivity index (χ2v) is 21.9. The van der Waals surface area contributed by atoms with Crippen LogP contribution in [0, 0.1) is 0 Å². The predicted octanol–water partition coefficient (Wildman–Crippen LogP) is 15.6. The summed E-state index contributed by atoms with van der Waals surface area (Å²) in [7, 11) is 0. The van der Waals surface area contributed by atoms with Crippen LogP contribution in [0.15, 0.2) is 173 Å². The Morgan fingerprint density at radius 3 is 1.34 bits per heavy atom. The third-order valence-electron chi connectivity index (χ3n) is 13.5. The van der Waals surface area contributed by atoms with Gasteiger partial charge in [-0.15, -0.1) is 22.7 Å². The first-order valence-corrected chi connectivity index (χ1v) is 24.1. The van der Waals surface area contributed by atoms with Crippen LogP contribution >= 0.6 is 22.7 Å². The fourth-order valence-corrected chi connectivity index (χ4v) is 12.9. The molecule has 0 N–H and O–H groups in total. The maximum absolute atomic E-state index is 6.50. The summed E-state index contributed by atoms with van der Waals surface area (Å²) in [6, 6.07) is 60.0. The number of thiophene rings is 2. The Morgan fingerprint density at radius 1 is 0.446 bits per heavy atom. The molecule has 2 aliphatic heterocycles. The Hall–Kier alpha value is -6.80. The van der Waals surface area contributed by atoms with Crippen molar-refractivity contribution in [2.24, 2.45) is 0 Å². The van der Waals surface area contributed by atoms with Crippen molar-refractivity contribution >= 4 is 121 Å². The lowest BCUT2D eigenvalue weighted by Crippen LogP contribution is -2.59. The van der Waals surface area contributed by atoms with Crippen LogP contribution in [-0.2, 0) is 10.8 Å². The molecule has 0 aliphatic carbocycles. The van der Waals surface area contributed by atoms with Gasteiger partial charge in [-0.3, -0.25) is 0 Å². The van der Waals surface area contributed by atoms with Crippen LogP contribution in [0.5, 0.6) is 0 Å². The fraction of sp³-hybridized carbons (Fsp3) is 0.138. The van der Waals surface area contributed by atoms with Crippen LogP contribution in [0.4, 0.5) is 34.1 Å². The molecule has 0 spiro atoms. The summed E-state index contributed by atoms with van der Waals surface area (Å²) in [5.74, 6) is 1.73. The van der Waals surface area contributed by atoms with E-state index in [1.54, 1.807) is 0 Å². The zero-order valence-corrected chi connectivity index (χ0v) is 38.8. The number of para-hydroxylation sites is 2. The Labute approximate surface area is 387 Å². The Morgan fingerprint density at radius 2 is 0.892 bits per heavy atom. The maximum atomic E-state index is 6.50. The lowest BCUT2D eigenvalue weighted by Gasteiger charge is -2.42. The second kappa shape index (κ2) is 13.9. The minimum atomic E-state index is -0.0134. The topological polar surface area (TPSA) is 32.8 Å². The molecule has 0 atom stereocenters. The van der Waals surface area contributed by atoms with E-state index >= 15 is 0 Å². The molecule has 13 rings (SSSR count). The molecule has 0 amide bonds. The lowest BCUT2D eigenvalue weighted by molar-refractivity contribution is 0.591. The largest absolute Gasteiger partial charge is 0.456 e. The SMILES string of the molecule is CC(C)(C)c1ccc2sc3c(c2c1)N(c1cccc(-c2cc4ccccc4o2)c1)c1cccc2c1B3c1sc3ccc(C(C)(C)C)cc3c1N2c1cccc(-c2cc3ccccc3o2)c1. The van der Waals surface area contributed by atoms with Crippen LogP contribution in [0.25, 0.3) is 64.8 Å². The number of fused-ring (bicyclic) bond motifs is 10. The summed E-state index contributed by atoms with van der Waals surface area (Å²) in [6.07, 6.45) is 0. The lowest BCUT2D eigenvalue weighted by atomic mass is 9.39. The van der Waals surface area contributed by atoms with Crippen molar-refractivity contribution in [2.45, 2.75) is 52.4 Å². The number of anilines is 6. The van der Waals surface area contributed by atoms with Gasteiger partial charge in [-0.1, -0.05) is 120 Å². The van der Waals surface area contributed by atoms with Gasteiger partial charge in [0.05, 0.1) is 11.4 Å². The van der Waals surface area contributed by atoms with Crippen LogP contribution in [-0.4, -0.2) is 6.71 Å². The first-order valence-electron chi connectivity index (χ1n) is 22.5. The summed E-state index contributed by atoms with van der Waals surface area (Å²) in [4.78, 5) is 5.11. The van der Waals surface area contributed by atoms with Crippen LogP contribution in [0.1, 0.15) is 52.7 Å². The van der Waals surface area contributed by atoms with E-state index in [0.717, 1.165) is 56.0 Å². The van der Waals surface area contributed by atoms with Crippen molar-refractivity contribution in [1.29, 1.82) is 0 Å². The Balaban J connectivity index is 1.09. The average Bonchev–Trinajstić information content (AvgIpc) is 4.11. The fourth-order valence-electron chi connectivity index (χ4n) is 10.2. The minimum Gasteiger partial charge on any atom is -0.456 e. The van der Waals surface area contributed by atoms with Crippen molar-refractivity contribution in [1.82, 2.24) is 0 Å². The number of hydrogen-bond acceptors (Lipinski definition) is 6. The molecule has 0 saturated carbocycles. The van der Waals surface area contributed by atoms with E-state index in [0.29, 0.717) is 0 Å². The molecule has 0 unspecified atom stereocenters. The average molecular weight is 877 g/mol. The Kier molecular flexibility index (Phi) is 8.24. The summed E-state index contributed by atoms with van der Waals surface area (Å²) in [5, 5.41) is 4.79. The number of benzene rings is 7. The molecular weight excluding hydrogens is 832 g/mol. The van der Waals surface area contributed by atoms with Gasteiger partial charge in [0.1, 0.15) is 22.7 Å². The first kappa shape index (κ1) is 38.6. The molecule has 0 saturated heterocycles. The summed E-state index contributed by atoms with van der Waals surface area (Å²) < 4.78 is 18.3. The van der Waals surface area contributed by atoms with Gasteiger partial charge < -0.3 is 18.6 Å². The maximum Gasteiger partial charge on any atom is 0.277 e. The van der Waals surface area contributed by atoms with Crippen molar-refractivity contribution < 1.29 is 8.83 Å². The van der Waals surface area contributed by atoms with Crippen molar-refractivity contribution in [3.05, 3.63) is 175 Å². The monoisotopic (exact) mass is 876 g/mol. The van der Waals surface area contributed by atoms with E-state index in [1.165, 1.54) is 69.1 Å². The zero-order valence-electron chi connectivity index (χ0n) is 37.2. The molecule has 7 aromatic carbocycles. The number of hydrogen-bond donors (Lipinski definition) is 0. The molecule has 0 bridgehead atoms. The van der Waals surface area contributed by atoms with Crippen molar-refractivity contribution in [3.63, 3.8) is 0 Å². The molecular formula is C58H45BN2O2S2. The molecule has 4 aromatic heterocycles. The van der Waals surface area contributed by atoms with E-state index in [4.69, 9.17) is 8.83 Å². The van der Waals surface area contributed by atoms with E-state index in [1.807, 2.05) is 46.9 Å². The molecule has 2 aliphatic rings. The molecule has 65 heavy (non-hydrogen) atoms. The highest BCUT2D eigenvalue weighted by molar-refractivity contribution is 7.40. The minimum absolute atomic E-state index is 0.0134. The van der Waals surface area contributed by atoms with Gasteiger partial charge in [0.25, 0.3) is 6.71 Å². The quantitative estimate of drug-likeness (QED) is 0.165. The highest BCUT2D eigenvalue weighted by Crippen LogP contribution is 2.51. The molecule has 0 radical (unpaired) electrons. The van der Waals surface area contributed by atoms with Gasteiger partial charge in [0.15, 0.2) is 0 Å². The smallest absolute Gasteiger partial charge is 0.277 e. The van der Waals surface area contributed by atoms with Crippen LogP contribution in [0.2, 0.25) is 0 Å². The molecule has 4 nitrogen and oxygen atoms in total. The van der Waals surface area contributed by atoms with Crippen molar-refractivity contribution in [3.8, 4) is 22.6 Å². The normalized spacial score (nSPS) is 13.6. The van der Waals surface area contributed by atoms with E-state index in [9.17, 15) is 0 Å².